The van der Waals surface area contributed by atoms with E-state index >= 15 is 0 Å². The third-order valence-corrected chi connectivity index (χ3v) is 9.44. The maximum absolute atomic E-state index is 11.9. The fourth-order valence-electron chi connectivity index (χ4n) is 5.00. The summed E-state index contributed by atoms with van der Waals surface area (Å²) < 4.78 is 14.2. The van der Waals surface area contributed by atoms with Crippen molar-refractivity contribution in [1.29, 1.82) is 0 Å². The number of halogens is 3. The fraction of sp³-hybridized carbons (Fsp3) is 0.273. The third-order valence-electron chi connectivity index (χ3n) is 7.77. The molecule has 2 N–H and O–H groups in total. The smallest absolute Gasteiger partial charge is 0.438 e. The number of ether oxygens (including phenoxy) is 2. The highest BCUT2D eigenvalue weighted by Gasteiger charge is 2.58. The number of aliphatic hydroxyl groups is 1. The van der Waals surface area contributed by atoms with Crippen LogP contribution in [0.5, 0.6) is 5.88 Å². The molecule has 1 atom stereocenters. The van der Waals surface area contributed by atoms with Gasteiger partial charge in [-0.05, 0) is 67.0 Å². The van der Waals surface area contributed by atoms with E-state index in [2.05, 4.69) is 15.2 Å². The van der Waals surface area contributed by atoms with Gasteiger partial charge in [-0.2, -0.15) is 5.06 Å². The predicted molar refractivity (Wildman–Crippen MR) is 187 cm³/mol. The molecule has 1 unspecified atom stereocenters. The highest BCUT2D eigenvalue weighted by atomic mass is 35.5. The second-order valence-electron chi connectivity index (χ2n) is 11.0. The number of carbonyl (C=O) groups is 1. The van der Waals surface area contributed by atoms with E-state index in [1.54, 1.807) is 45.9 Å². The Morgan fingerprint density at radius 1 is 1.04 bits per heavy atom. The number of methoxy groups -OCH3 is 1. The molecule has 5 aromatic rings. The molecule has 0 bridgehead atoms. The lowest BCUT2D eigenvalue weighted by molar-refractivity contribution is 0.00728. The van der Waals surface area contributed by atoms with Crippen LogP contribution in [0.25, 0.3) is 5.69 Å². The van der Waals surface area contributed by atoms with E-state index in [0.29, 0.717) is 32.8 Å². The number of rotatable bonds is 11. The average molecular weight is 732 g/mol. The molecule has 1 fully saturated rings. The van der Waals surface area contributed by atoms with Gasteiger partial charge in [0.15, 0.2) is 0 Å². The van der Waals surface area contributed by atoms with Gasteiger partial charge in [-0.15, -0.1) is 16.7 Å². The minimum Gasteiger partial charge on any atom is -0.472 e. The van der Waals surface area contributed by atoms with Crippen molar-refractivity contribution >= 4 is 58.8 Å². The summed E-state index contributed by atoms with van der Waals surface area (Å²) in [5.74, 6) is 0.446. The van der Waals surface area contributed by atoms with Gasteiger partial charge in [-0.1, -0.05) is 59.6 Å². The third kappa shape index (κ3) is 8.38. The van der Waals surface area contributed by atoms with E-state index in [0.717, 1.165) is 34.7 Å². The number of hydrogen-bond acceptors (Lipinski definition) is 8. The number of benzene rings is 3. The predicted octanol–water partition coefficient (Wildman–Crippen LogP) is 7.58. The summed E-state index contributed by atoms with van der Waals surface area (Å²) in [4.78, 5) is 20.3. The van der Waals surface area contributed by atoms with Crippen molar-refractivity contribution in [3.05, 3.63) is 117 Å². The maximum atomic E-state index is 11.9. The van der Waals surface area contributed by atoms with E-state index < -0.39 is 16.6 Å². The molecule has 11 nitrogen and oxygen atoms in total. The van der Waals surface area contributed by atoms with Gasteiger partial charge in [0.25, 0.3) is 0 Å². The van der Waals surface area contributed by atoms with Crippen molar-refractivity contribution in [3.63, 3.8) is 0 Å². The lowest BCUT2D eigenvalue weighted by Crippen LogP contribution is -2.47. The monoisotopic (exact) mass is 730 g/mol. The molecule has 6 rings (SSSR count). The van der Waals surface area contributed by atoms with Crippen LogP contribution in [-0.4, -0.2) is 60.4 Å². The van der Waals surface area contributed by atoms with Gasteiger partial charge in [-0.3, -0.25) is 14.6 Å². The lowest BCUT2D eigenvalue weighted by atomic mass is 9.89. The van der Waals surface area contributed by atoms with E-state index in [4.69, 9.17) is 61.3 Å². The van der Waals surface area contributed by atoms with Gasteiger partial charge in [-0.25, -0.2) is 14.5 Å². The number of carbonyl (C=O) groups excluding carboxylic acids is 1. The van der Waals surface area contributed by atoms with Gasteiger partial charge >= 0.3 is 6.09 Å². The molecule has 2 heterocycles. The molecule has 0 radical (unpaired) electrons. The summed E-state index contributed by atoms with van der Waals surface area (Å²) in [5, 5.41) is 20.8. The zero-order valence-corrected chi connectivity index (χ0v) is 29.1. The quantitative estimate of drug-likeness (QED) is 0.0811. The minimum absolute atomic E-state index is 0.199. The Labute approximate surface area is 297 Å². The van der Waals surface area contributed by atoms with Crippen LogP contribution < -0.4 is 9.80 Å². The number of hydrogen-bond donors (Lipinski definition) is 2. The fourth-order valence-corrected chi connectivity index (χ4v) is 5.72. The van der Waals surface area contributed by atoms with Crippen LogP contribution in [0.1, 0.15) is 24.0 Å². The van der Waals surface area contributed by atoms with Gasteiger partial charge in [0.1, 0.15) is 18.5 Å². The van der Waals surface area contributed by atoms with E-state index in [1.165, 1.54) is 20.5 Å². The van der Waals surface area contributed by atoms with Gasteiger partial charge in [0, 0.05) is 34.3 Å². The highest BCUT2D eigenvalue weighted by molar-refractivity contribution is 7.71. The zero-order chi connectivity index (χ0) is 34.3. The summed E-state index contributed by atoms with van der Waals surface area (Å²) in [6, 6.07) is 23.8. The van der Waals surface area contributed by atoms with E-state index in [1.807, 2.05) is 48.5 Å². The number of alkyl halides is 1. The maximum Gasteiger partial charge on any atom is 0.438 e. The van der Waals surface area contributed by atoms with Crippen LogP contribution >= 0.6 is 47.0 Å². The Balaban J connectivity index is 0.000000194. The summed E-state index contributed by atoms with van der Waals surface area (Å²) >= 11 is 23.8. The number of para-hydroxylation sites is 1. The molecule has 1 aliphatic carbocycles. The number of amides is 1. The van der Waals surface area contributed by atoms with E-state index in [9.17, 15) is 9.90 Å². The molecular formula is C33H33Cl3N6O5S. The first kappa shape index (κ1) is 35.4. The van der Waals surface area contributed by atoms with Crippen molar-refractivity contribution in [1.82, 2.24) is 24.5 Å². The van der Waals surface area contributed by atoms with Crippen LogP contribution in [0, 0.1) is 4.77 Å². The Hall–Kier alpha value is -3.91. The number of H-pyrrole nitrogens is 1. The number of aromatic amines is 1. The second-order valence-corrected chi connectivity index (χ2v) is 12.9. The largest absolute Gasteiger partial charge is 0.472 e. The molecule has 0 saturated heterocycles. The van der Waals surface area contributed by atoms with Crippen LogP contribution in [0.4, 0.5) is 10.5 Å². The first-order valence-electron chi connectivity index (χ1n) is 14.8. The van der Waals surface area contributed by atoms with Crippen LogP contribution in [0.3, 0.4) is 0 Å². The van der Waals surface area contributed by atoms with Crippen LogP contribution in [0.15, 0.2) is 91.4 Å². The number of aromatic nitrogens is 5. The molecule has 48 heavy (non-hydrogen) atoms. The first-order valence-corrected chi connectivity index (χ1v) is 16.3. The molecule has 0 spiro atoms. The topological polar surface area (TPSA) is 120 Å². The van der Waals surface area contributed by atoms with Crippen molar-refractivity contribution in [2.24, 2.45) is 0 Å². The van der Waals surface area contributed by atoms with Crippen LogP contribution in [-0.2, 0) is 29.1 Å². The molecule has 3 aromatic carbocycles. The number of anilines is 1. The lowest BCUT2D eigenvalue weighted by Gasteiger charge is -2.33. The average Bonchev–Trinajstić information content (AvgIpc) is 3.47. The number of hydroxylamine groups is 1. The van der Waals surface area contributed by atoms with Crippen LogP contribution in [0.2, 0.25) is 10.0 Å². The molecule has 1 aliphatic rings. The summed E-state index contributed by atoms with van der Waals surface area (Å²) in [6.45, 7) is 0.464. The zero-order valence-electron chi connectivity index (χ0n) is 26.1. The normalized spacial score (nSPS) is 14.3. The van der Waals surface area contributed by atoms with Crippen molar-refractivity contribution < 1.29 is 24.2 Å². The molecule has 0 aliphatic heterocycles. The summed E-state index contributed by atoms with van der Waals surface area (Å²) in [5.41, 5.74) is 1.88. The molecule has 2 aromatic heterocycles. The molecular weight excluding hydrogens is 699 g/mol. The molecule has 252 valence electrons. The van der Waals surface area contributed by atoms with E-state index in [-0.39, 0.29) is 13.2 Å². The molecule has 1 saturated carbocycles. The number of nitrogens with one attached hydrogen (secondary N) is 1. The SMILES string of the molecule is COC(=O)N(OC)c1ccccc1COc1ccn(-c2ccc(Cl)cc2)n1.OC(Cc1ccccc1Cl)(Cn1[nH]cnc1=S)C1(Cl)CC1. The summed E-state index contributed by atoms with van der Waals surface area (Å²) in [6.07, 6.45) is 4.59. The second kappa shape index (κ2) is 15.5. The number of nitrogens with zero attached hydrogens (tertiary/aromatic N) is 5. The first-order chi connectivity index (χ1) is 23.1. The molecule has 1 amide bonds. The molecule has 15 heteroatoms. The Morgan fingerprint density at radius 3 is 2.35 bits per heavy atom. The highest BCUT2D eigenvalue weighted by Crippen LogP contribution is 2.53. The van der Waals surface area contributed by atoms with Gasteiger partial charge in [0.05, 0.1) is 37.0 Å². The van der Waals surface area contributed by atoms with Crippen molar-refractivity contribution in [2.75, 3.05) is 19.3 Å². The Kier molecular flexibility index (Phi) is 11.5. The Morgan fingerprint density at radius 2 is 1.73 bits per heavy atom. The Bertz CT molecular complexity index is 1890. The van der Waals surface area contributed by atoms with Crippen molar-refractivity contribution in [2.45, 2.75) is 42.9 Å². The summed E-state index contributed by atoms with van der Waals surface area (Å²) in [7, 11) is 2.68. The van der Waals surface area contributed by atoms with Gasteiger partial charge in [0.2, 0.25) is 10.7 Å². The van der Waals surface area contributed by atoms with Gasteiger partial charge < -0.3 is 14.6 Å². The standard InChI is InChI=1S/C19H18ClN3O4.C14H15Cl2N3OS/c1-25-19(24)23(26-2)17-6-4-3-5-14(17)13-27-18-11-12-22(21-18)16-9-7-15(20)8-10-16;15-11-4-2-1-3-10(11)7-14(20,13(16)5-6-13)8-19-12(21)17-9-18-19/h3-12H,13H2,1-2H3;1-4,9,20H,5-8H2,(H,17,18,21). The van der Waals surface area contributed by atoms with Crippen molar-refractivity contribution in [3.8, 4) is 11.6 Å². The minimum atomic E-state index is -1.13.